The summed E-state index contributed by atoms with van der Waals surface area (Å²) in [7, 11) is -4.42. The molecule has 0 fully saturated rings. The number of hydrogen-bond donors (Lipinski definition) is 2. The second-order valence-electron chi connectivity index (χ2n) is 5.94. The Balaban J connectivity index is 2.79. The van der Waals surface area contributed by atoms with E-state index in [0.29, 0.717) is 29.7 Å². The summed E-state index contributed by atoms with van der Waals surface area (Å²) in [5.41, 5.74) is 3.10. The highest BCUT2D eigenvalue weighted by Gasteiger charge is 2.34. The standard InChI is InChI=1S/C18H22N4O5S/c1-3-13-8-7-9-14(4-2)18(13)21(12-17(23)20-19)28(26,27)16-11-6-5-10-15(16)22(24)25/h5-11H,3-4,12,19H2,1-2H3,(H,20,23). The average molecular weight is 406 g/mol. The number of nitro groups is 1. The highest BCUT2D eigenvalue weighted by molar-refractivity contribution is 7.93. The molecule has 28 heavy (non-hydrogen) atoms. The Morgan fingerprint density at radius 2 is 1.68 bits per heavy atom. The highest BCUT2D eigenvalue weighted by atomic mass is 32.2. The molecule has 0 aliphatic rings. The van der Waals surface area contributed by atoms with Crippen LogP contribution in [0, 0.1) is 10.1 Å². The van der Waals surface area contributed by atoms with Crippen LogP contribution in [0.3, 0.4) is 0 Å². The monoisotopic (exact) mass is 406 g/mol. The lowest BCUT2D eigenvalue weighted by atomic mass is 10.0. The predicted molar refractivity (Wildman–Crippen MR) is 105 cm³/mol. The molecule has 3 N–H and O–H groups in total. The minimum Gasteiger partial charge on any atom is -0.293 e. The Labute approximate surface area is 163 Å². The van der Waals surface area contributed by atoms with Crippen LogP contribution in [0.2, 0.25) is 0 Å². The van der Waals surface area contributed by atoms with E-state index in [9.17, 15) is 23.3 Å². The molecule has 0 radical (unpaired) electrons. The zero-order chi connectivity index (χ0) is 20.9. The van der Waals surface area contributed by atoms with E-state index in [2.05, 4.69) is 0 Å². The fourth-order valence-corrected chi connectivity index (χ4v) is 4.60. The third-order valence-corrected chi connectivity index (χ3v) is 6.09. The quantitative estimate of drug-likeness (QED) is 0.297. The second kappa shape index (κ2) is 8.81. The molecule has 0 spiro atoms. The van der Waals surface area contributed by atoms with Crippen molar-refractivity contribution in [1.82, 2.24) is 5.43 Å². The van der Waals surface area contributed by atoms with Crippen molar-refractivity contribution in [2.24, 2.45) is 5.84 Å². The number of hydrazine groups is 1. The molecule has 2 aromatic carbocycles. The molecule has 0 unspecified atom stereocenters. The van der Waals surface area contributed by atoms with Crippen LogP contribution in [-0.2, 0) is 27.7 Å². The third kappa shape index (κ3) is 4.12. The van der Waals surface area contributed by atoms with Gasteiger partial charge in [0.25, 0.3) is 21.6 Å². The van der Waals surface area contributed by atoms with E-state index in [-0.39, 0.29) is 0 Å². The van der Waals surface area contributed by atoms with Crippen molar-refractivity contribution in [2.45, 2.75) is 31.6 Å². The van der Waals surface area contributed by atoms with Gasteiger partial charge in [-0.2, -0.15) is 0 Å². The molecule has 0 heterocycles. The van der Waals surface area contributed by atoms with E-state index in [1.165, 1.54) is 12.1 Å². The number of sulfonamides is 1. The smallest absolute Gasteiger partial charge is 0.289 e. The summed E-state index contributed by atoms with van der Waals surface area (Å²) in [5, 5.41) is 11.4. The van der Waals surface area contributed by atoms with Gasteiger partial charge in [-0.05, 0) is 30.0 Å². The maximum Gasteiger partial charge on any atom is 0.289 e. The van der Waals surface area contributed by atoms with E-state index in [1.54, 1.807) is 18.2 Å². The number of para-hydroxylation sites is 2. The molecule has 0 bridgehead atoms. The van der Waals surface area contributed by atoms with Gasteiger partial charge in [-0.25, -0.2) is 14.3 Å². The minimum atomic E-state index is -4.42. The van der Waals surface area contributed by atoms with Gasteiger partial charge in [0.05, 0.1) is 10.6 Å². The minimum absolute atomic E-state index is 0.342. The number of nitro benzene ring substituents is 1. The van der Waals surface area contributed by atoms with Gasteiger partial charge in [0, 0.05) is 6.07 Å². The van der Waals surface area contributed by atoms with Crippen LogP contribution in [0.5, 0.6) is 0 Å². The Bertz CT molecular complexity index is 969. The summed E-state index contributed by atoms with van der Waals surface area (Å²) in [6.07, 6.45) is 1.02. The molecule has 0 saturated heterocycles. The number of hydrogen-bond acceptors (Lipinski definition) is 6. The zero-order valence-corrected chi connectivity index (χ0v) is 16.4. The van der Waals surface area contributed by atoms with Crippen LogP contribution in [0.4, 0.5) is 11.4 Å². The van der Waals surface area contributed by atoms with Crippen LogP contribution >= 0.6 is 0 Å². The number of aryl methyl sites for hydroxylation is 2. The number of nitrogens with two attached hydrogens (primary N) is 1. The zero-order valence-electron chi connectivity index (χ0n) is 15.6. The Morgan fingerprint density at radius 3 is 2.18 bits per heavy atom. The van der Waals surface area contributed by atoms with Crippen molar-refractivity contribution >= 4 is 27.3 Å². The first kappa shape index (κ1) is 21.3. The number of amides is 1. The van der Waals surface area contributed by atoms with Crippen molar-refractivity contribution in [3.05, 3.63) is 63.7 Å². The van der Waals surface area contributed by atoms with Gasteiger partial charge in [-0.3, -0.25) is 24.6 Å². The van der Waals surface area contributed by atoms with E-state index in [0.717, 1.165) is 16.4 Å². The van der Waals surface area contributed by atoms with Gasteiger partial charge in [-0.1, -0.05) is 44.2 Å². The number of carbonyl (C=O) groups is 1. The van der Waals surface area contributed by atoms with Crippen molar-refractivity contribution in [2.75, 3.05) is 10.8 Å². The van der Waals surface area contributed by atoms with E-state index in [4.69, 9.17) is 5.84 Å². The SMILES string of the molecule is CCc1cccc(CC)c1N(CC(=O)NN)S(=O)(=O)c1ccccc1[N+](=O)[O-]. The molecule has 150 valence electrons. The molecule has 2 aromatic rings. The maximum absolute atomic E-state index is 13.4. The second-order valence-corrected chi connectivity index (χ2v) is 7.77. The molecular weight excluding hydrogens is 384 g/mol. The number of rotatable bonds is 8. The van der Waals surface area contributed by atoms with Gasteiger partial charge < -0.3 is 0 Å². The third-order valence-electron chi connectivity index (χ3n) is 4.29. The van der Waals surface area contributed by atoms with E-state index >= 15 is 0 Å². The summed E-state index contributed by atoms with van der Waals surface area (Å²) in [4.78, 5) is 22.1. The van der Waals surface area contributed by atoms with Crippen LogP contribution in [0.1, 0.15) is 25.0 Å². The fraction of sp³-hybridized carbons (Fsp3) is 0.278. The normalized spacial score (nSPS) is 11.1. The Kier molecular flexibility index (Phi) is 6.71. The number of nitrogens with one attached hydrogen (secondary N) is 1. The molecular formula is C18H22N4O5S. The molecule has 2 rings (SSSR count). The summed E-state index contributed by atoms with van der Waals surface area (Å²) >= 11 is 0. The first-order chi connectivity index (χ1) is 13.3. The lowest BCUT2D eigenvalue weighted by molar-refractivity contribution is -0.387. The maximum atomic E-state index is 13.4. The van der Waals surface area contributed by atoms with Crippen LogP contribution < -0.4 is 15.6 Å². The molecule has 1 amide bonds. The van der Waals surface area contributed by atoms with Crippen LogP contribution in [0.15, 0.2) is 47.4 Å². The summed E-state index contributed by atoms with van der Waals surface area (Å²) < 4.78 is 27.8. The van der Waals surface area contributed by atoms with E-state index < -0.39 is 38.0 Å². The average Bonchev–Trinajstić information content (AvgIpc) is 2.70. The highest BCUT2D eigenvalue weighted by Crippen LogP contribution is 2.34. The summed E-state index contributed by atoms with van der Waals surface area (Å²) in [6, 6.07) is 10.4. The van der Waals surface area contributed by atoms with Crippen LogP contribution in [-0.4, -0.2) is 25.8 Å². The molecule has 9 nitrogen and oxygen atoms in total. The van der Waals surface area contributed by atoms with Crippen LogP contribution in [0.25, 0.3) is 0 Å². The summed E-state index contributed by atoms with van der Waals surface area (Å²) in [6.45, 7) is 3.11. The lowest BCUT2D eigenvalue weighted by Crippen LogP contribution is -2.44. The van der Waals surface area contributed by atoms with Crippen molar-refractivity contribution in [1.29, 1.82) is 0 Å². The molecule has 0 saturated carbocycles. The molecule has 0 aliphatic heterocycles. The number of anilines is 1. The molecule has 0 aliphatic carbocycles. The molecule has 0 atom stereocenters. The number of benzene rings is 2. The van der Waals surface area contributed by atoms with Crippen molar-refractivity contribution in [3.8, 4) is 0 Å². The number of nitrogens with zero attached hydrogens (tertiary/aromatic N) is 2. The van der Waals surface area contributed by atoms with Crippen molar-refractivity contribution in [3.63, 3.8) is 0 Å². The molecule has 0 aromatic heterocycles. The van der Waals surface area contributed by atoms with Gasteiger partial charge in [0.1, 0.15) is 6.54 Å². The fourth-order valence-electron chi connectivity index (χ4n) is 2.94. The largest absolute Gasteiger partial charge is 0.293 e. The Morgan fingerprint density at radius 1 is 1.11 bits per heavy atom. The van der Waals surface area contributed by atoms with Gasteiger partial charge in [0.2, 0.25) is 0 Å². The topological polar surface area (TPSA) is 136 Å². The first-order valence-electron chi connectivity index (χ1n) is 8.64. The Hall–Kier alpha value is -2.98. The van der Waals surface area contributed by atoms with E-state index in [1.807, 2.05) is 19.3 Å². The number of carbonyl (C=O) groups excluding carboxylic acids is 1. The van der Waals surface area contributed by atoms with Gasteiger partial charge in [-0.15, -0.1) is 0 Å². The van der Waals surface area contributed by atoms with Gasteiger partial charge in [0.15, 0.2) is 4.90 Å². The molecule has 10 heteroatoms. The predicted octanol–water partition coefficient (Wildman–Crippen LogP) is 1.90. The summed E-state index contributed by atoms with van der Waals surface area (Å²) in [5.74, 6) is 4.43. The lowest BCUT2D eigenvalue weighted by Gasteiger charge is -2.28. The van der Waals surface area contributed by atoms with Gasteiger partial charge >= 0.3 is 0 Å². The first-order valence-corrected chi connectivity index (χ1v) is 10.1. The van der Waals surface area contributed by atoms with Crippen molar-refractivity contribution < 1.29 is 18.1 Å².